The van der Waals surface area contributed by atoms with E-state index in [2.05, 4.69) is 15.9 Å². The van der Waals surface area contributed by atoms with E-state index in [1.54, 1.807) is 0 Å². The highest BCUT2D eigenvalue weighted by Gasteiger charge is 2.23. The Bertz CT molecular complexity index is 79.0. The molecule has 0 radical (unpaired) electrons. The highest BCUT2D eigenvalue weighted by Crippen LogP contribution is 2.29. The lowest BCUT2D eigenvalue weighted by Crippen LogP contribution is -2.13. The number of rotatable bonds is 2. The predicted molar refractivity (Wildman–Crippen MR) is 40.6 cm³/mol. The van der Waals surface area contributed by atoms with E-state index in [1.165, 1.54) is 12.8 Å². The van der Waals surface area contributed by atoms with E-state index in [4.69, 9.17) is 0 Å². The first-order valence-corrected chi connectivity index (χ1v) is 4.67. The highest BCUT2D eigenvalue weighted by molar-refractivity contribution is 9.09. The summed E-state index contributed by atoms with van der Waals surface area (Å²) in [5.41, 5.74) is 0. The van der Waals surface area contributed by atoms with Crippen LogP contribution in [0.15, 0.2) is 0 Å². The van der Waals surface area contributed by atoms with E-state index >= 15 is 0 Å². The third kappa shape index (κ3) is 1.92. The smallest absolute Gasteiger partial charge is 0.113 e. The van der Waals surface area contributed by atoms with Crippen LogP contribution in [0.4, 0.5) is 4.39 Å². The van der Waals surface area contributed by atoms with Gasteiger partial charge in [-0.1, -0.05) is 28.8 Å². The summed E-state index contributed by atoms with van der Waals surface area (Å²) in [5.74, 6) is 0.365. The van der Waals surface area contributed by atoms with E-state index in [9.17, 15) is 4.39 Å². The van der Waals surface area contributed by atoms with Gasteiger partial charge in [0.05, 0.1) is 0 Å². The Labute approximate surface area is 64.0 Å². The van der Waals surface area contributed by atoms with Gasteiger partial charge in [-0.05, 0) is 18.8 Å². The zero-order chi connectivity index (χ0) is 6.69. The van der Waals surface area contributed by atoms with Crippen molar-refractivity contribution in [2.75, 3.05) is 5.33 Å². The fraction of sp³-hybridized carbons (Fsp3) is 1.00. The second-order valence-electron chi connectivity index (χ2n) is 2.71. The van der Waals surface area contributed by atoms with Crippen molar-refractivity contribution in [1.82, 2.24) is 0 Å². The summed E-state index contributed by atoms with van der Waals surface area (Å²) in [7, 11) is 0. The van der Waals surface area contributed by atoms with Crippen molar-refractivity contribution in [3.05, 3.63) is 0 Å². The molecule has 54 valence electrons. The summed E-state index contributed by atoms with van der Waals surface area (Å²) in [6, 6.07) is 0. The molecule has 1 aliphatic rings. The molecular formula is C7H12BrF. The van der Waals surface area contributed by atoms with Crippen molar-refractivity contribution in [2.45, 2.75) is 31.9 Å². The van der Waals surface area contributed by atoms with Crippen LogP contribution >= 0.6 is 15.9 Å². The Hall–Kier alpha value is 0.410. The minimum atomic E-state index is -0.590. The predicted octanol–water partition coefficient (Wildman–Crippen LogP) is 2.91. The van der Waals surface area contributed by atoms with Gasteiger partial charge in [-0.25, -0.2) is 4.39 Å². The van der Waals surface area contributed by atoms with Crippen LogP contribution in [0.1, 0.15) is 25.7 Å². The Morgan fingerprint density at radius 1 is 1.44 bits per heavy atom. The molecule has 0 N–H and O–H groups in total. The van der Waals surface area contributed by atoms with Crippen LogP contribution in [-0.4, -0.2) is 11.5 Å². The Morgan fingerprint density at radius 2 is 2.00 bits per heavy atom. The average Bonchev–Trinajstić information content (AvgIpc) is 2.37. The number of alkyl halides is 2. The second kappa shape index (κ2) is 3.55. The molecule has 0 spiro atoms. The molecule has 0 heterocycles. The van der Waals surface area contributed by atoms with Crippen LogP contribution in [-0.2, 0) is 0 Å². The number of hydrogen-bond donors (Lipinski definition) is 0. The maximum atomic E-state index is 12.8. The van der Waals surface area contributed by atoms with Gasteiger partial charge in [0.15, 0.2) is 0 Å². The van der Waals surface area contributed by atoms with Gasteiger partial charge in [0, 0.05) is 5.33 Å². The van der Waals surface area contributed by atoms with Gasteiger partial charge in [0.2, 0.25) is 0 Å². The lowest BCUT2D eigenvalue weighted by molar-refractivity contribution is 0.259. The van der Waals surface area contributed by atoms with Crippen molar-refractivity contribution in [3.8, 4) is 0 Å². The maximum absolute atomic E-state index is 12.8. The van der Waals surface area contributed by atoms with Gasteiger partial charge in [0.1, 0.15) is 6.17 Å². The van der Waals surface area contributed by atoms with Gasteiger partial charge in [-0.2, -0.15) is 0 Å². The third-order valence-corrected chi connectivity index (χ3v) is 2.68. The summed E-state index contributed by atoms with van der Waals surface area (Å²) in [6.07, 6.45) is 4.09. The molecule has 1 aliphatic carbocycles. The molecule has 9 heavy (non-hydrogen) atoms. The van der Waals surface area contributed by atoms with Crippen molar-refractivity contribution >= 4 is 15.9 Å². The topological polar surface area (TPSA) is 0 Å². The van der Waals surface area contributed by atoms with E-state index in [1.807, 2.05) is 0 Å². The minimum absolute atomic E-state index is 0.365. The van der Waals surface area contributed by atoms with Crippen LogP contribution in [0.25, 0.3) is 0 Å². The SMILES string of the molecule is F[C@@H](CBr)C1CCCC1. The van der Waals surface area contributed by atoms with Crippen molar-refractivity contribution in [3.63, 3.8) is 0 Å². The summed E-state index contributed by atoms with van der Waals surface area (Å²) >= 11 is 3.15. The summed E-state index contributed by atoms with van der Waals surface area (Å²) < 4.78 is 12.8. The van der Waals surface area contributed by atoms with Crippen molar-refractivity contribution in [1.29, 1.82) is 0 Å². The Morgan fingerprint density at radius 3 is 2.44 bits per heavy atom. The number of halogens is 2. The summed E-state index contributed by atoms with van der Waals surface area (Å²) in [5, 5.41) is 0.525. The van der Waals surface area contributed by atoms with E-state index in [0.29, 0.717) is 11.2 Å². The van der Waals surface area contributed by atoms with Crippen molar-refractivity contribution < 1.29 is 4.39 Å². The van der Waals surface area contributed by atoms with Gasteiger partial charge < -0.3 is 0 Å². The van der Waals surface area contributed by atoms with Crippen LogP contribution in [0.5, 0.6) is 0 Å². The molecule has 1 saturated carbocycles. The number of hydrogen-bond acceptors (Lipinski definition) is 0. The first-order chi connectivity index (χ1) is 4.34. The molecule has 0 nitrogen and oxygen atoms in total. The Balaban J connectivity index is 2.24. The lowest BCUT2D eigenvalue weighted by atomic mass is 10.0. The second-order valence-corrected chi connectivity index (χ2v) is 3.36. The molecule has 0 aliphatic heterocycles. The first kappa shape index (κ1) is 7.52. The molecular weight excluding hydrogens is 183 g/mol. The first-order valence-electron chi connectivity index (χ1n) is 3.54. The molecule has 1 rings (SSSR count). The third-order valence-electron chi connectivity index (χ3n) is 2.06. The normalized spacial score (nSPS) is 24.7. The Kier molecular flexibility index (Phi) is 2.96. The van der Waals surface area contributed by atoms with Gasteiger partial charge in [-0.15, -0.1) is 0 Å². The largest absolute Gasteiger partial charge is 0.246 e. The van der Waals surface area contributed by atoms with E-state index in [0.717, 1.165) is 12.8 Å². The van der Waals surface area contributed by atoms with E-state index in [-0.39, 0.29) is 0 Å². The fourth-order valence-electron chi connectivity index (χ4n) is 1.45. The molecule has 1 atom stereocenters. The summed E-state index contributed by atoms with van der Waals surface area (Å²) in [6.45, 7) is 0. The minimum Gasteiger partial charge on any atom is -0.246 e. The van der Waals surface area contributed by atoms with Gasteiger partial charge in [-0.3, -0.25) is 0 Å². The fourth-order valence-corrected chi connectivity index (χ4v) is 1.97. The molecule has 0 aromatic heterocycles. The zero-order valence-electron chi connectivity index (χ0n) is 5.45. The molecule has 0 aromatic carbocycles. The maximum Gasteiger partial charge on any atom is 0.113 e. The molecule has 0 amide bonds. The molecule has 0 unspecified atom stereocenters. The summed E-state index contributed by atoms with van der Waals surface area (Å²) in [4.78, 5) is 0. The lowest BCUT2D eigenvalue weighted by Gasteiger charge is -2.10. The standard InChI is InChI=1S/C7H12BrF/c8-5-7(9)6-3-1-2-4-6/h6-7H,1-5H2/t7-/m0/s1. The molecule has 0 bridgehead atoms. The average molecular weight is 195 g/mol. The monoisotopic (exact) mass is 194 g/mol. The van der Waals surface area contributed by atoms with Crippen LogP contribution in [0, 0.1) is 5.92 Å². The van der Waals surface area contributed by atoms with Gasteiger partial charge >= 0.3 is 0 Å². The van der Waals surface area contributed by atoms with Crippen LogP contribution < -0.4 is 0 Å². The van der Waals surface area contributed by atoms with Gasteiger partial charge in [0.25, 0.3) is 0 Å². The quantitative estimate of drug-likeness (QED) is 0.594. The van der Waals surface area contributed by atoms with Crippen LogP contribution in [0.2, 0.25) is 0 Å². The highest BCUT2D eigenvalue weighted by atomic mass is 79.9. The van der Waals surface area contributed by atoms with Crippen molar-refractivity contribution in [2.24, 2.45) is 5.92 Å². The molecule has 0 saturated heterocycles. The molecule has 0 aromatic rings. The van der Waals surface area contributed by atoms with E-state index < -0.39 is 6.17 Å². The molecule has 2 heteroatoms. The zero-order valence-corrected chi connectivity index (χ0v) is 7.03. The molecule has 1 fully saturated rings. The van der Waals surface area contributed by atoms with Crippen LogP contribution in [0.3, 0.4) is 0 Å².